The third-order valence-electron chi connectivity index (χ3n) is 3.49. The van der Waals surface area contributed by atoms with Crippen LogP contribution in [0, 0.1) is 0 Å². The normalized spacial score (nSPS) is 10.0. The van der Waals surface area contributed by atoms with E-state index in [-0.39, 0.29) is 18.2 Å². The SMILES string of the molecule is COc1ccc(CC(=O)NCCNC(=O)c2ccncc2)cc1OC. The Kier molecular flexibility index (Phi) is 6.76. The number of pyridine rings is 1. The molecule has 2 rings (SSSR count). The van der Waals surface area contributed by atoms with Gasteiger partial charge >= 0.3 is 0 Å². The van der Waals surface area contributed by atoms with Gasteiger partial charge in [-0.25, -0.2) is 0 Å². The van der Waals surface area contributed by atoms with Crippen molar-refractivity contribution in [1.82, 2.24) is 15.6 Å². The molecular weight excluding hydrogens is 322 g/mol. The van der Waals surface area contributed by atoms with Crippen LogP contribution in [0.5, 0.6) is 11.5 Å². The zero-order valence-corrected chi connectivity index (χ0v) is 14.2. The van der Waals surface area contributed by atoms with E-state index in [0.717, 1.165) is 5.56 Å². The average Bonchev–Trinajstić information content (AvgIpc) is 2.65. The van der Waals surface area contributed by atoms with Crippen LogP contribution >= 0.6 is 0 Å². The maximum Gasteiger partial charge on any atom is 0.251 e. The molecule has 132 valence electrons. The fourth-order valence-corrected chi connectivity index (χ4v) is 2.22. The summed E-state index contributed by atoms with van der Waals surface area (Å²) in [5.41, 5.74) is 1.35. The number of nitrogens with zero attached hydrogens (tertiary/aromatic N) is 1. The van der Waals surface area contributed by atoms with Crippen molar-refractivity contribution in [3.05, 3.63) is 53.9 Å². The van der Waals surface area contributed by atoms with Crippen LogP contribution in [0.3, 0.4) is 0 Å². The third-order valence-corrected chi connectivity index (χ3v) is 3.49. The van der Waals surface area contributed by atoms with Crippen molar-refractivity contribution in [2.75, 3.05) is 27.3 Å². The highest BCUT2D eigenvalue weighted by Gasteiger charge is 2.08. The lowest BCUT2D eigenvalue weighted by atomic mass is 10.1. The standard InChI is InChI=1S/C18H21N3O4/c1-24-15-4-3-13(11-16(15)25-2)12-17(22)20-9-10-21-18(23)14-5-7-19-8-6-14/h3-8,11H,9-10,12H2,1-2H3,(H,20,22)(H,21,23). The van der Waals surface area contributed by atoms with Crippen LogP contribution in [-0.2, 0) is 11.2 Å². The molecule has 1 aromatic carbocycles. The molecule has 1 aromatic heterocycles. The van der Waals surface area contributed by atoms with Crippen molar-refractivity contribution in [3.63, 3.8) is 0 Å². The van der Waals surface area contributed by atoms with Crippen LogP contribution in [0.2, 0.25) is 0 Å². The van der Waals surface area contributed by atoms with Gasteiger partial charge in [-0.1, -0.05) is 6.07 Å². The van der Waals surface area contributed by atoms with Crippen molar-refractivity contribution in [3.8, 4) is 11.5 Å². The molecule has 2 aromatic rings. The Balaban J connectivity index is 1.75. The van der Waals surface area contributed by atoms with Gasteiger partial charge < -0.3 is 20.1 Å². The number of ether oxygens (including phenoxy) is 2. The van der Waals surface area contributed by atoms with Gasteiger partial charge in [-0.05, 0) is 29.8 Å². The molecule has 0 unspecified atom stereocenters. The fourth-order valence-electron chi connectivity index (χ4n) is 2.22. The van der Waals surface area contributed by atoms with Crippen LogP contribution in [0.1, 0.15) is 15.9 Å². The molecular formula is C18H21N3O4. The first-order chi connectivity index (χ1) is 12.1. The van der Waals surface area contributed by atoms with Crippen LogP contribution in [0.15, 0.2) is 42.7 Å². The summed E-state index contributed by atoms with van der Waals surface area (Å²) in [5, 5.41) is 5.50. The van der Waals surface area contributed by atoms with Crippen LogP contribution in [-0.4, -0.2) is 44.1 Å². The molecule has 0 saturated carbocycles. The van der Waals surface area contributed by atoms with E-state index < -0.39 is 0 Å². The highest BCUT2D eigenvalue weighted by Crippen LogP contribution is 2.27. The molecule has 0 aliphatic rings. The van der Waals surface area contributed by atoms with Gasteiger partial charge in [-0.15, -0.1) is 0 Å². The molecule has 0 bridgehead atoms. The molecule has 0 aliphatic heterocycles. The van der Waals surface area contributed by atoms with Gasteiger partial charge in [0.15, 0.2) is 11.5 Å². The topological polar surface area (TPSA) is 89.6 Å². The summed E-state index contributed by atoms with van der Waals surface area (Å²) >= 11 is 0. The number of rotatable bonds is 8. The van der Waals surface area contributed by atoms with E-state index in [1.807, 2.05) is 6.07 Å². The summed E-state index contributed by atoms with van der Waals surface area (Å²) in [6, 6.07) is 8.60. The Labute approximate surface area is 146 Å². The van der Waals surface area contributed by atoms with Gasteiger partial charge in [0.05, 0.1) is 20.6 Å². The Bertz CT molecular complexity index is 720. The summed E-state index contributed by atoms with van der Waals surface area (Å²) in [6.07, 6.45) is 3.33. The largest absolute Gasteiger partial charge is 0.493 e. The Morgan fingerprint density at radius 3 is 2.32 bits per heavy atom. The predicted octanol–water partition coefficient (Wildman–Crippen LogP) is 1.19. The van der Waals surface area contributed by atoms with Gasteiger partial charge in [0.25, 0.3) is 5.91 Å². The molecule has 0 radical (unpaired) electrons. The monoisotopic (exact) mass is 343 g/mol. The lowest BCUT2D eigenvalue weighted by Gasteiger charge is -2.10. The number of nitrogens with one attached hydrogen (secondary N) is 2. The van der Waals surface area contributed by atoms with E-state index in [9.17, 15) is 9.59 Å². The van der Waals surface area contributed by atoms with Gasteiger partial charge in [0.1, 0.15) is 0 Å². The van der Waals surface area contributed by atoms with Crippen LogP contribution in [0.4, 0.5) is 0 Å². The lowest BCUT2D eigenvalue weighted by molar-refractivity contribution is -0.120. The Hall–Kier alpha value is -3.09. The molecule has 7 heteroatoms. The minimum atomic E-state index is -0.198. The quantitative estimate of drug-likeness (QED) is 0.703. The second-order valence-corrected chi connectivity index (χ2v) is 5.21. The maximum absolute atomic E-state index is 12.0. The number of carbonyl (C=O) groups is 2. The second-order valence-electron chi connectivity index (χ2n) is 5.21. The first kappa shape index (κ1) is 18.3. The predicted molar refractivity (Wildman–Crippen MR) is 92.8 cm³/mol. The number of benzene rings is 1. The number of carbonyl (C=O) groups excluding carboxylic acids is 2. The molecule has 2 amide bonds. The molecule has 0 fully saturated rings. The highest BCUT2D eigenvalue weighted by molar-refractivity contribution is 5.94. The van der Waals surface area contributed by atoms with Crippen molar-refractivity contribution in [2.45, 2.75) is 6.42 Å². The number of methoxy groups -OCH3 is 2. The van der Waals surface area contributed by atoms with E-state index in [1.54, 1.807) is 50.9 Å². The van der Waals surface area contributed by atoms with E-state index in [4.69, 9.17) is 9.47 Å². The summed E-state index contributed by atoms with van der Waals surface area (Å²) < 4.78 is 10.4. The van der Waals surface area contributed by atoms with Crippen molar-refractivity contribution >= 4 is 11.8 Å². The summed E-state index contributed by atoms with van der Waals surface area (Å²) in [6.45, 7) is 0.696. The van der Waals surface area contributed by atoms with Gasteiger partial charge in [-0.2, -0.15) is 0 Å². The van der Waals surface area contributed by atoms with Gasteiger partial charge in [0.2, 0.25) is 5.91 Å². The average molecular weight is 343 g/mol. The van der Waals surface area contributed by atoms with Crippen molar-refractivity contribution in [1.29, 1.82) is 0 Å². The minimum Gasteiger partial charge on any atom is -0.493 e. The molecule has 7 nitrogen and oxygen atoms in total. The smallest absolute Gasteiger partial charge is 0.251 e. The summed E-state index contributed by atoms with van der Waals surface area (Å²) in [7, 11) is 3.11. The molecule has 25 heavy (non-hydrogen) atoms. The van der Waals surface area contributed by atoms with Gasteiger partial charge in [-0.3, -0.25) is 14.6 Å². The molecule has 0 saturated heterocycles. The van der Waals surface area contributed by atoms with Gasteiger partial charge in [0, 0.05) is 31.0 Å². The Morgan fingerprint density at radius 1 is 0.960 bits per heavy atom. The van der Waals surface area contributed by atoms with Crippen LogP contribution in [0.25, 0.3) is 0 Å². The van der Waals surface area contributed by atoms with E-state index in [2.05, 4.69) is 15.6 Å². The first-order valence-corrected chi connectivity index (χ1v) is 7.80. The van der Waals surface area contributed by atoms with E-state index in [0.29, 0.717) is 30.2 Å². The van der Waals surface area contributed by atoms with Crippen LogP contribution < -0.4 is 20.1 Å². The first-order valence-electron chi connectivity index (χ1n) is 7.80. The number of aromatic nitrogens is 1. The zero-order valence-electron chi connectivity index (χ0n) is 14.2. The third kappa shape index (κ3) is 5.49. The van der Waals surface area contributed by atoms with E-state index >= 15 is 0 Å². The molecule has 0 atom stereocenters. The second kappa shape index (κ2) is 9.27. The number of hydrogen-bond acceptors (Lipinski definition) is 5. The molecule has 0 aliphatic carbocycles. The zero-order chi connectivity index (χ0) is 18.1. The molecule has 0 spiro atoms. The maximum atomic E-state index is 12.0. The van der Waals surface area contributed by atoms with Crippen molar-refractivity contribution in [2.24, 2.45) is 0 Å². The summed E-state index contributed by atoms with van der Waals surface area (Å²) in [4.78, 5) is 27.7. The highest BCUT2D eigenvalue weighted by atomic mass is 16.5. The number of amides is 2. The lowest BCUT2D eigenvalue weighted by Crippen LogP contribution is -2.35. The molecule has 1 heterocycles. The summed E-state index contributed by atoms with van der Waals surface area (Å²) in [5.74, 6) is 0.866. The molecule has 2 N–H and O–H groups in total. The van der Waals surface area contributed by atoms with E-state index in [1.165, 1.54) is 0 Å². The fraction of sp³-hybridized carbons (Fsp3) is 0.278. The Morgan fingerprint density at radius 2 is 1.64 bits per heavy atom. The minimum absolute atomic E-state index is 0.134. The number of hydrogen-bond donors (Lipinski definition) is 2. The van der Waals surface area contributed by atoms with Crippen molar-refractivity contribution < 1.29 is 19.1 Å².